The smallest absolute Gasteiger partial charge is 0.231 e. The number of ether oxygens (including phenoxy) is 4. The largest absolute Gasteiger partial charge is 0.497 e. The lowest BCUT2D eigenvalue weighted by atomic mass is 10.1. The Balaban J connectivity index is 1.38. The molecule has 31 heavy (non-hydrogen) atoms. The van der Waals surface area contributed by atoms with Crippen LogP contribution in [0.4, 0.5) is 5.69 Å². The Morgan fingerprint density at radius 3 is 2.87 bits per heavy atom. The Bertz CT molecular complexity index is 1280. The summed E-state index contributed by atoms with van der Waals surface area (Å²) in [6.07, 6.45) is 2.12. The second-order valence-electron chi connectivity index (χ2n) is 6.86. The van der Waals surface area contributed by atoms with Crippen molar-refractivity contribution < 1.29 is 23.7 Å². The maximum Gasteiger partial charge on any atom is 0.231 e. The fraction of sp³-hybridized carbons (Fsp3) is 0.182. The average molecular weight is 437 g/mol. The van der Waals surface area contributed by atoms with Crippen molar-refractivity contribution in [3.63, 3.8) is 0 Å². The zero-order valence-electron chi connectivity index (χ0n) is 16.9. The standard InChI is InChI=1S/C22H19N3O5S/c1-27-15-4-6-18(28-2)16(9-15)17-10-25-14(11-31-22(25)24-17)8-21(26)23-13-3-5-19-20(7-13)30-12-29-19/h3-7,9-11H,8,12H2,1-2H3,(H,23,26). The number of benzene rings is 2. The summed E-state index contributed by atoms with van der Waals surface area (Å²) in [5, 5.41) is 4.84. The predicted molar refractivity (Wildman–Crippen MR) is 117 cm³/mol. The molecule has 0 saturated heterocycles. The number of aromatic nitrogens is 2. The van der Waals surface area contributed by atoms with Gasteiger partial charge >= 0.3 is 0 Å². The number of hydrogen-bond acceptors (Lipinski definition) is 7. The van der Waals surface area contributed by atoms with Crippen LogP contribution in [0.1, 0.15) is 5.69 Å². The Labute approximate surface area is 182 Å². The fourth-order valence-corrected chi connectivity index (χ4v) is 4.32. The van der Waals surface area contributed by atoms with E-state index in [0.29, 0.717) is 22.9 Å². The molecule has 0 bridgehead atoms. The number of fused-ring (bicyclic) bond motifs is 2. The molecule has 0 aliphatic carbocycles. The summed E-state index contributed by atoms with van der Waals surface area (Å²) in [5.41, 5.74) is 3.08. The number of hydrogen-bond donors (Lipinski definition) is 1. The molecule has 9 heteroatoms. The molecule has 1 amide bonds. The third-order valence-corrected chi connectivity index (χ3v) is 5.85. The quantitative estimate of drug-likeness (QED) is 0.491. The minimum atomic E-state index is -0.132. The molecule has 3 heterocycles. The molecule has 1 N–H and O–H groups in total. The van der Waals surface area contributed by atoms with E-state index in [9.17, 15) is 4.79 Å². The van der Waals surface area contributed by atoms with E-state index in [-0.39, 0.29) is 19.1 Å². The number of rotatable bonds is 6. The van der Waals surface area contributed by atoms with Crippen molar-refractivity contribution in [3.8, 4) is 34.3 Å². The number of anilines is 1. The minimum absolute atomic E-state index is 0.132. The number of imidazole rings is 1. The highest BCUT2D eigenvalue weighted by Gasteiger charge is 2.17. The molecule has 0 unspecified atom stereocenters. The molecule has 0 spiro atoms. The molecule has 4 aromatic rings. The number of carbonyl (C=O) groups excluding carboxylic acids is 1. The highest BCUT2D eigenvalue weighted by atomic mass is 32.1. The summed E-state index contributed by atoms with van der Waals surface area (Å²) in [6.45, 7) is 0.195. The molecular formula is C22H19N3O5S. The molecule has 1 aliphatic heterocycles. The number of nitrogens with zero attached hydrogens (tertiary/aromatic N) is 2. The number of carbonyl (C=O) groups is 1. The van der Waals surface area contributed by atoms with Crippen molar-refractivity contribution in [3.05, 3.63) is 53.7 Å². The van der Waals surface area contributed by atoms with Crippen LogP contribution in [-0.4, -0.2) is 36.3 Å². The van der Waals surface area contributed by atoms with Crippen LogP contribution in [0.15, 0.2) is 48.0 Å². The van der Waals surface area contributed by atoms with Gasteiger partial charge in [-0.05, 0) is 30.3 Å². The van der Waals surface area contributed by atoms with Gasteiger partial charge in [-0.25, -0.2) is 4.98 Å². The van der Waals surface area contributed by atoms with Crippen LogP contribution in [0.3, 0.4) is 0 Å². The van der Waals surface area contributed by atoms with Crippen LogP contribution in [0.2, 0.25) is 0 Å². The second-order valence-corrected chi connectivity index (χ2v) is 7.70. The highest BCUT2D eigenvalue weighted by molar-refractivity contribution is 7.15. The Morgan fingerprint density at radius 2 is 2.03 bits per heavy atom. The number of amides is 1. The minimum Gasteiger partial charge on any atom is -0.497 e. The van der Waals surface area contributed by atoms with Gasteiger partial charge in [0.25, 0.3) is 0 Å². The van der Waals surface area contributed by atoms with Crippen molar-refractivity contribution in [1.82, 2.24) is 9.38 Å². The average Bonchev–Trinajstić information content (AvgIpc) is 3.50. The van der Waals surface area contributed by atoms with Crippen LogP contribution < -0.4 is 24.3 Å². The molecule has 0 radical (unpaired) electrons. The SMILES string of the molecule is COc1ccc(OC)c(-c2cn3c(CC(=O)Nc4ccc5c(c4)OCO5)csc3n2)c1. The van der Waals surface area contributed by atoms with Gasteiger partial charge < -0.3 is 24.3 Å². The van der Waals surface area contributed by atoms with Gasteiger partial charge in [-0.2, -0.15) is 0 Å². The second kappa shape index (κ2) is 7.84. The van der Waals surface area contributed by atoms with Gasteiger partial charge in [-0.15, -0.1) is 11.3 Å². The van der Waals surface area contributed by atoms with E-state index < -0.39 is 0 Å². The summed E-state index contributed by atoms with van der Waals surface area (Å²) in [5.74, 6) is 2.59. The maximum atomic E-state index is 12.6. The topological polar surface area (TPSA) is 83.3 Å². The molecule has 158 valence electrons. The lowest BCUT2D eigenvalue weighted by molar-refractivity contribution is -0.115. The molecular weight excluding hydrogens is 418 g/mol. The van der Waals surface area contributed by atoms with Crippen molar-refractivity contribution in [2.24, 2.45) is 0 Å². The van der Waals surface area contributed by atoms with Crippen LogP contribution in [0, 0.1) is 0 Å². The van der Waals surface area contributed by atoms with E-state index in [1.165, 1.54) is 11.3 Å². The molecule has 2 aromatic heterocycles. The third-order valence-electron chi connectivity index (χ3n) is 4.96. The normalized spacial score (nSPS) is 12.2. The van der Waals surface area contributed by atoms with E-state index in [1.807, 2.05) is 34.2 Å². The third kappa shape index (κ3) is 3.64. The van der Waals surface area contributed by atoms with Crippen molar-refractivity contribution >= 4 is 27.9 Å². The first kappa shape index (κ1) is 19.3. The first-order valence-electron chi connectivity index (χ1n) is 9.52. The molecule has 1 aliphatic rings. The lowest BCUT2D eigenvalue weighted by Crippen LogP contribution is -2.15. The summed E-state index contributed by atoms with van der Waals surface area (Å²) in [7, 11) is 3.24. The molecule has 0 fully saturated rings. The van der Waals surface area contributed by atoms with Gasteiger partial charge in [-0.3, -0.25) is 9.20 Å². The Kier molecular flexibility index (Phi) is 4.87. The molecule has 0 saturated carbocycles. The van der Waals surface area contributed by atoms with Gasteiger partial charge in [-0.1, -0.05) is 0 Å². The highest BCUT2D eigenvalue weighted by Crippen LogP contribution is 2.35. The van der Waals surface area contributed by atoms with Gasteiger partial charge in [0.05, 0.1) is 26.3 Å². The summed E-state index contributed by atoms with van der Waals surface area (Å²) in [4.78, 5) is 18.1. The zero-order chi connectivity index (χ0) is 21.4. The van der Waals surface area contributed by atoms with Crippen LogP contribution in [0.5, 0.6) is 23.0 Å². The molecule has 2 aromatic carbocycles. The van der Waals surface area contributed by atoms with Crippen LogP contribution in [-0.2, 0) is 11.2 Å². The van der Waals surface area contributed by atoms with Crippen molar-refractivity contribution in [1.29, 1.82) is 0 Å². The van der Waals surface area contributed by atoms with E-state index >= 15 is 0 Å². The monoisotopic (exact) mass is 437 g/mol. The molecule has 5 rings (SSSR count). The van der Waals surface area contributed by atoms with Crippen molar-refractivity contribution in [2.45, 2.75) is 6.42 Å². The lowest BCUT2D eigenvalue weighted by Gasteiger charge is -2.08. The van der Waals surface area contributed by atoms with Crippen LogP contribution >= 0.6 is 11.3 Å². The Morgan fingerprint density at radius 1 is 1.16 bits per heavy atom. The first-order valence-corrected chi connectivity index (χ1v) is 10.4. The predicted octanol–water partition coefficient (Wildman–Crippen LogP) is 3.99. The van der Waals surface area contributed by atoms with E-state index in [4.69, 9.17) is 23.9 Å². The Hall–Kier alpha value is -3.72. The fourth-order valence-electron chi connectivity index (χ4n) is 3.44. The first-order chi connectivity index (χ1) is 15.1. The number of nitrogens with one attached hydrogen (secondary N) is 1. The summed E-state index contributed by atoms with van der Waals surface area (Å²) in [6, 6.07) is 10.9. The van der Waals surface area contributed by atoms with Crippen LogP contribution in [0.25, 0.3) is 16.2 Å². The number of thiazole rings is 1. The summed E-state index contributed by atoms with van der Waals surface area (Å²) >= 11 is 1.48. The van der Waals surface area contributed by atoms with E-state index in [1.54, 1.807) is 32.4 Å². The van der Waals surface area contributed by atoms with Gasteiger partial charge in [0.15, 0.2) is 16.5 Å². The van der Waals surface area contributed by atoms with E-state index in [2.05, 4.69) is 5.32 Å². The van der Waals surface area contributed by atoms with Gasteiger partial charge in [0.1, 0.15) is 11.5 Å². The molecule has 0 atom stereocenters. The summed E-state index contributed by atoms with van der Waals surface area (Å²) < 4.78 is 23.4. The van der Waals surface area contributed by atoms with Gasteiger partial charge in [0.2, 0.25) is 12.7 Å². The van der Waals surface area contributed by atoms with Gasteiger partial charge in [0, 0.05) is 34.6 Å². The zero-order valence-corrected chi connectivity index (χ0v) is 17.7. The molecule has 8 nitrogen and oxygen atoms in total. The number of methoxy groups -OCH3 is 2. The van der Waals surface area contributed by atoms with Crippen molar-refractivity contribution in [2.75, 3.05) is 26.3 Å². The van der Waals surface area contributed by atoms with E-state index in [0.717, 1.165) is 27.7 Å². The maximum absolute atomic E-state index is 12.6.